The summed E-state index contributed by atoms with van der Waals surface area (Å²) in [5, 5.41) is 0. The highest BCUT2D eigenvalue weighted by atomic mass is 19.1. The average molecular weight is 258 g/mol. The van der Waals surface area contributed by atoms with Gasteiger partial charge in [-0.1, -0.05) is 32.0 Å². The summed E-state index contributed by atoms with van der Waals surface area (Å²) < 4.78 is 19.0. The van der Waals surface area contributed by atoms with Gasteiger partial charge in [0.1, 0.15) is 23.6 Å². The fraction of sp³-hybridized carbons (Fsp3) is 0.188. The molecule has 2 rings (SSSR count). The van der Waals surface area contributed by atoms with Gasteiger partial charge < -0.3 is 4.74 Å². The van der Waals surface area contributed by atoms with Gasteiger partial charge in [-0.2, -0.15) is 0 Å². The van der Waals surface area contributed by atoms with Crippen LogP contribution in [-0.2, 0) is 0 Å². The number of ether oxygens (including phenoxy) is 1. The summed E-state index contributed by atoms with van der Waals surface area (Å²) in [6, 6.07) is 11.6. The van der Waals surface area contributed by atoms with Crippen molar-refractivity contribution in [2.75, 3.05) is 0 Å². The first kappa shape index (κ1) is 13.3. The molecule has 0 fully saturated rings. The highest BCUT2D eigenvalue weighted by Gasteiger charge is 2.09. The van der Waals surface area contributed by atoms with Gasteiger partial charge in [-0.25, -0.2) is 4.39 Å². The Morgan fingerprint density at radius 1 is 1.16 bits per heavy atom. The van der Waals surface area contributed by atoms with Crippen LogP contribution in [0.2, 0.25) is 0 Å². The Bertz CT molecular complexity index is 591. The average Bonchev–Trinajstić information content (AvgIpc) is 2.38. The Labute approximate surface area is 111 Å². The molecular formula is C16H15FO2. The molecule has 0 radical (unpaired) electrons. The second-order valence-electron chi connectivity index (χ2n) is 4.63. The van der Waals surface area contributed by atoms with Crippen molar-refractivity contribution in [3.63, 3.8) is 0 Å². The SMILES string of the molecule is CC(C)c1ccccc1Oc1cc(F)cc(C=O)c1. The standard InChI is InChI=1S/C16H15FO2/c1-11(2)15-5-3-4-6-16(15)19-14-8-12(10-18)7-13(17)9-14/h3-11H,1-2H3. The molecule has 0 N–H and O–H groups in total. The molecule has 0 amide bonds. The maximum Gasteiger partial charge on any atom is 0.150 e. The molecule has 0 aromatic heterocycles. The highest BCUT2D eigenvalue weighted by molar-refractivity contribution is 5.75. The fourth-order valence-corrected chi connectivity index (χ4v) is 1.89. The number of aldehydes is 1. The number of para-hydroxylation sites is 1. The van der Waals surface area contributed by atoms with Crippen molar-refractivity contribution in [3.05, 3.63) is 59.4 Å². The molecule has 2 aromatic carbocycles. The van der Waals surface area contributed by atoms with Crippen molar-refractivity contribution in [2.24, 2.45) is 0 Å². The molecule has 0 aliphatic heterocycles. The Hall–Kier alpha value is -2.16. The molecule has 19 heavy (non-hydrogen) atoms. The van der Waals surface area contributed by atoms with Crippen LogP contribution in [0.3, 0.4) is 0 Å². The summed E-state index contributed by atoms with van der Waals surface area (Å²) in [5.41, 5.74) is 1.30. The van der Waals surface area contributed by atoms with E-state index in [1.165, 1.54) is 18.2 Å². The molecule has 0 saturated heterocycles. The quantitative estimate of drug-likeness (QED) is 0.752. The summed E-state index contributed by atoms with van der Waals surface area (Å²) in [5.74, 6) is 0.826. The van der Waals surface area contributed by atoms with Gasteiger partial charge in [0.2, 0.25) is 0 Å². The van der Waals surface area contributed by atoms with Gasteiger partial charge in [0.15, 0.2) is 0 Å². The lowest BCUT2D eigenvalue weighted by atomic mass is 10.0. The number of carbonyl (C=O) groups excluding carboxylic acids is 1. The van der Waals surface area contributed by atoms with Gasteiger partial charge in [0.25, 0.3) is 0 Å². The van der Waals surface area contributed by atoms with Crippen LogP contribution in [0.5, 0.6) is 11.5 Å². The van der Waals surface area contributed by atoms with Crippen LogP contribution < -0.4 is 4.74 Å². The zero-order valence-corrected chi connectivity index (χ0v) is 10.9. The third-order valence-electron chi connectivity index (χ3n) is 2.80. The van der Waals surface area contributed by atoms with Crippen molar-refractivity contribution in [2.45, 2.75) is 19.8 Å². The molecule has 2 nitrogen and oxygen atoms in total. The Morgan fingerprint density at radius 2 is 1.89 bits per heavy atom. The molecule has 0 atom stereocenters. The smallest absolute Gasteiger partial charge is 0.150 e. The monoisotopic (exact) mass is 258 g/mol. The van der Waals surface area contributed by atoms with Gasteiger partial charge in [-0.05, 0) is 29.7 Å². The van der Waals surface area contributed by atoms with Crippen molar-refractivity contribution in [1.29, 1.82) is 0 Å². The van der Waals surface area contributed by atoms with E-state index in [-0.39, 0.29) is 5.56 Å². The molecule has 0 unspecified atom stereocenters. The van der Waals surface area contributed by atoms with Gasteiger partial charge >= 0.3 is 0 Å². The maximum atomic E-state index is 13.3. The molecule has 0 aliphatic rings. The largest absolute Gasteiger partial charge is 0.457 e. The minimum atomic E-state index is -0.485. The third kappa shape index (κ3) is 3.19. The lowest BCUT2D eigenvalue weighted by molar-refractivity contribution is 0.112. The van der Waals surface area contributed by atoms with Crippen LogP contribution in [0.15, 0.2) is 42.5 Å². The molecule has 3 heteroatoms. The van der Waals surface area contributed by atoms with E-state index < -0.39 is 5.82 Å². The first-order chi connectivity index (χ1) is 9.10. The Morgan fingerprint density at radius 3 is 2.58 bits per heavy atom. The lowest BCUT2D eigenvalue weighted by Crippen LogP contribution is -1.94. The molecule has 0 aliphatic carbocycles. The lowest BCUT2D eigenvalue weighted by Gasteiger charge is -2.13. The fourth-order valence-electron chi connectivity index (χ4n) is 1.89. The number of halogens is 1. The van der Waals surface area contributed by atoms with Gasteiger partial charge in [-0.15, -0.1) is 0 Å². The van der Waals surface area contributed by atoms with Crippen LogP contribution >= 0.6 is 0 Å². The van der Waals surface area contributed by atoms with Crippen LogP contribution in [0.4, 0.5) is 4.39 Å². The van der Waals surface area contributed by atoms with Crippen molar-refractivity contribution in [1.82, 2.24) is 0 Å². The van der Waals surface area contributed by atoms with Crippen LogP contribution in [-0.4, -0.2) is 6.29 Å². The van der Waals surface area contributed by atoms with E-state index in [2.05, 4.69) is 13.8 Å². The van der Waals surface area contributed by atoms with Crippen molar-refractivity contribution in [3.8, 4) is 11.5 Å². The third-order valence-corrected chi connectivity index (χ3v) is 2.80. The topological polar surface area (TPSA) is 26.3 Å². The van der Waals surface area contributed by atoms with Crippen molar-refractivity contribution < 1.29 is 13.9 Å². The van der Waals surface area contributed by atoms with E-state index in [9.17, 15) is 9.18 Å². The summed E-state index contributed by atoms with van der Waals surface area (Å²) in [4.78, 5) is 10.7. The summed E-state index contributed by atoms with van der Waals surface area (Å²) >= 11 is 0. The second-order valence-corrected chi connectivity index (χ2v) is 4.63. The number of hydrogen-bond donors (Lipinski definition) is 0. The van der Waals surface area contributed by atoms with Gasteiger partial charge in [-0.3, -0.25) is 4.79 Å². The Balaban J connectivity index is 2.36. The van der Waals surface area contributed by atoms with E-state index in [0.29, 0.717) is 23.7 Å². The Kier molecular flexibility index (Phi) is 3.95. The number of benzene rings is 2. The molecule has 0 saturated carbocycles. The minimum Gasteiger partial charge on any atom is -0.457 e. The predicted molar refractivity (Wildman–Crippen MR) is 72.4 cm³/mol. The zero-order valence-electron chi connectivity index (χ0n) is 10.9. The predicted octanol–water partition coefficient (Wildman–Crippen LogP) is 4.55. The first-order valence-electron chi connectivity index (χ1n) is 6.12. The van der Waals surface area contributed by atoms with Crippen LogP contribution in [0.1, 0.15) is 35.7 Å². The number of hydrogen-bond acceptors (Lipinski definition) is 2. The molecule has 98 valence electrons. The maximum absolute atomic E-state index is 13.3. The summed E-state index contributed by atoms with van der Waals surface area (Å²) in [7, 11) is 0. The van der Waals surface area contributed by atoms with E-state index in [1.807, 2.05) is 24.3 Å². The van der Waals surface area contributed by atoms with E-state index in [0.717, 1.165) is 5.56 Å². The molecule has 2 aromatic rings. The molecule has 0 spiro atoms. The van der Waals surface area contributed by atoms with Crippen molar-refractivity contribution >= 4 is 6.29 Å². The summed E-state index contributed by atoms with van der Waals surface area (Å²) in [6.45, 7) is 4.12. The van der Waals surface area contributed by atoms with Gasteiger partial charge in [0, 0.05) is 11.6 Å². The highest BCUT2D eigenvalue weighted by Crippen LogP contribution is 2.30. The number of carbonyl (C=O) groups is 1. The second kappa shape index (κ2) is 5.65. The van der Waals surface area contributed by atoms with Crippen LogP contribution in [0, 0.1) is 5.82 Å². The molecule has 0 heterocycles. The molecule has 0 bridgehead atoms. The first-order valence-corrected chi connectivity index (χ1v) is 6.12. The van der Waals surface area contributed by atoms with Gasteiger partial charge in [0.05, 0.1) is 0 Å². The van der Waals surface area contributed by atoms with Crippen LogP contribution in [0.25, 0.3) is 0 Å². The summed E-state index contributed by atoms with van der Waals surface area (Å²) in [6.07, 6.45) is 0.601. The normalized spacial score (nSPS) is 10.5. The minimum absolute atomic E-state index is 0.261. The number of rotatable bonds is 4. The van der Waals surface area contributed by atoms with E-state index >= 15 is 0 Å². The zero-order chi connectivity index (χ0) is 13.8. The van der Waals surface area contributed by atoms with E-state index in [1.54, 1.807) is 0 Å². The van der Waals surface area contributed by atoms with E-state index in [4.69, 9.17) is 4.74 Å². The molecular weight excluding hydrogens is 243 g/mol.